The van der Waals surface area contributed by atoms with Crippen LogP contribution < -0.4 is 5.32 Å². The lowest BCUT2D eigenvalue weighted by atomic mass is 10.0. The van der Waals surface area contributed by atoms with E-state index in [1.165, 1.54) is 0 Å². The second kappa shape index (κ2) is 4.85. The average molecular weight is 222 g/mol. The lowest BCUT2D eigenvalue weighted by molar-refractivity contribution is -0.144. The summed E-state index contributed by atoms with van der Waals surface area (Å²) in [5, 5.41) is 11.2. The molecule has 1 rings (SSSR count). The monoisotopic (exact) mass is 222 g/mol. The van der Waals surface area contributed by atoms with Gasteiger partial charge in [-0.05, 0) is 19.9 Å². The molecule has 0 radical (unpaired) electrons. The summed E-state index contributed by atoms with van der Waals surface area (Å²) in [6.45, 7) is -1.58. The highest BCUT2D eigenvalue weighted by molar-refractivity contribution is 5.82. The fourth-order valence-corrected chi connectivity index (χ4v) is 1.69. The summed E-state index contributed by atoms with van der Waals surface area (Å²) >= 11 is 0. The Morgan fingerprint density at radius 2 is 2.33 bits per heavy atom. The van der Waals surface area contributed by atoms with Crippen molar-refractivity contribution < 1.29 is 18.7 Å². The molecular formula is C9H16F2N2O2. The van der Waals surface area contributed by atoms with Crippen LogP contribution in [0.4, 0.5) is 8.78 Å². The molecule has 1 atom stereocenters. The number of aliphatic hydroxyl groups is 1. The van der Waals surface area contributed by atoms with Crippen molar-refractivity contribution in [1.82, 2.24) is 10.2 Å². The Balaban J connectivity index is 2.58. The highest BCUT2D eigenvalue weighted by Crippen LogP contribution is 2.18. The first-order valence-corrected chi connectivity index (χ1v) is 4.95. The maximum absolute atomic E-state index is 12.9. The fraction of sp³-hybridized carbons (Fsp3) is 0.889. The molecule has 0 aromatic rings. The number of likely N-dealkylation sites (N-methyl/N-ethyl adjacent to an activating group) is 1. The quantitative estimate of drug-likeness (QED) is 0.694. The van der Waals surface area contributed by atoms with Crippen LogP contribution in [0.1, 0.15) is 12.8 Å². The summed E-state index contributed by atoms with van der Waals surface area (Å²) < 4.78 is 25.8. The van der Waals surface area contributed by atoms with Gasteiger partial charge in [0.25, 0.3) is 5.92 Å². The average Bonchev–Trinajstić information content (AvgIpc) is 2.21. The van der Waals surface area contributed by atoms with Crippen LogP contribution in [0, 0.1) is 0 Å². The molecule has 1 fully saturated rings. The number of carbonyl (C=O) groups excluding carboxylic acids is 1. The third-order valence-electron chi connectivity index (χ3n) is 2.53. The van der Waals surface area contributed by atoms with Gasteiger partial charge in [-0.1, -0.05) is 0 Å². The van der Waals surface area contributed by atoms with Crippen LogP contribution in [0.15, 0.2) is 0 Å². The second-order valence-electron chi connectivity index (χ2n) is 3.76. The van der Waals surface area contributed by atoms with Gasteiger partial charge in [-0.2, -0.15) is 0 Å². The van der Waals surface area contributed by atoms with Crippen molar-refractivity contribution in [1.29, 1.82) is 0 Å². The smallest absolute Gasteiger partial charge is 0.287 e. The molecule has 1 saturated heterocycles. The second-order valence-corrected chi connectivity index (χ2v) is 3.76. The number of amides is 1. The van der Waals surface area contributed by atoms with Gasteiger partial charge in [0.05, 0.1) is 12.6 Å². The van der Waals surface area contributed by atoms with Crippen LogP contribution in [-0.4, -0.2) is 54.6 Å². The van der Waals surface area contributed by atoms with Gasteiger partial charge in [-0.25, -0.2) is 8.78 Å². The summed E-state index contributed by atoms with van der Waals surface area (Å²) in [7, 11) is 1.64. The van der Waals surface area contributed by atoms with Crippen LogP contribution >= 0.6 is 0 Å². The third kappa shape index (κ3) is 3.10. The van der Waals surface area contributed by atoms with Gasteiger partial charge in [0.1, 0.15) is 6.61 Å². The van der Waals surface area contributed by atoms with E-state index in [1.807, 2.05) is 0 Å². The van der Waals surface area contributed by atoms with Crippen LogP contribution in [-0.2, 0) is 4.79 Å². The Kier molecular flexibility index (Phi) is 3.98. The molecule has 1 heterocycles. The van der Waals surface area contributed by atoms with Gasteiger partial charge in [-0.15, -0.1) is 0 Å². The Bertz CT molecular complexity index is 236. The van der Waals surface area contributed by atoms with E-state index in [9.17, 15) is 13.6 Å². The molecule has 0 bridgehead atoms. The van der Waals surface area contributed by atoms with Crippen molar-refractivity contribution in [2.45, 2.75) is 24.8 Å². The lowest BCUT2D eigenvalue weighted by Crippen LogP contribution is -2.53. The largest absolute Gasteiger partial charge is 0.390 e. The van der Waals surface area contributed by atoms with Crippen molar-refractivity contribution >= 4 is 5.91 Å². The molecule has 1 amide bonds. The van der Waals surface area contributed by atoms with Crippen LogP contribution in [0.3, 0.4) is 0 Å². The van der Waals surface area contributed by atoms with Crippen molar-refractivity contribution in [3.05, 3.63) is 0 Å². The molecule has 88 valence electrons. The first kappa shape index (κ1) is 12.3. The topological polar surface area (TPSA) is 52.6 Å². The number of alkyl halides is 2. The molecule has 0 aliphatic carbocycles. The minimum absolute atomic E-state index is 0.308. The number of aliphatic hydroxyl groups excluding tert-OH is 1. The summed E-state index contributed by atoms with van der Waals surface area (Å²) in [5.41, 5.74) is 0. The number of likely N-dealkylation sites (tertiary alicyclic amines) is 1. The van der Waals surface area contributed by atoms with Crippen molar-refractivity contribution in [3.8, 4) is 0 Å². The van der Waals surface area contributed by atoms with Crippen LogP contribution in [0.25, 0.3) is 0 Å². The Hall–Kier alpha value is -0.750. The first-order valence-electron chi connectivity index (χ1n) is 4.95. The Morgan fingerprint density at radius 3 is 2.87 bits per heavy atom. The molecule has 0 aromatic carbocycles. The van der Waals surface area contributed by atoms with E-state index in [0.717, 1.165) is 4.90 Å². The van der Waals surface area contributed by atoms with Crippen molar-refractivity contribution in [2.24, 2.45) is 0 Å². The van der Waals surface area contributed by atoms with E-state index in [-0.39, 0.29) is 11.9 Å². The van der Waals surface area contributed by atoms with Gasteiger partial charge >= 0.3 is 0 Å². The maximum atomic E-state index is 12.9. The minimum atomic E-state index is -3.20. The zero-order chi connectivity index (χ0) is 11.5. The molecule has 2 N–H and O–H groups in total. The summed E-state index contributed by atoms with van der Waals surface area (Å²) in [6, 6.07) is -0.367. The summed E-state index contributed by atoms with van der Waals surface area (Å²) in [4.78, 5) is 12.7. The number of nitrogens with zero attached hydrogens (tertiary/aromatic N) is 1. The lowest BCUT2D eigenvalue weighted by Gasteiger charge is -2.33. The standard InChI is InChI=1S/C9H16F2N2O2/c1-12-7-3-2-4-13(8(7)15)5-9(10,11)6-14/h7,12,14H,2-6H2,1H3. The van der Waals surface area contributed by atoms with Crippen LogP contribution in [0.2, 0.25) is 0 Å². The first-order chi connectivity index (χ1) is 7.00. The van der Waals surface area contributed by atoms with E-state index < -0.39 is 19.1 Å². The molecule has 1 aliphatic rings. The molecule has 6 heteroatoms. The number of carbonyl (C=O) groups is 1. The van der Waals surface area contributed by atoms with E-state index in [1.54, 1.807) is 7.05 Å². The van der Waals surface area contributed by atoms with Crippen molar-refractivity contribution in [3.63, 3.8) is 0 Å². The van der Waals surface area contributed by atoms with Gasteiger partial charge in [0.2, 0.25) is 5.91 Å². The normalized spacial score (nSPS) is 23.3. The SMILES string of the molecule is CNC1CCCN(CC(F)(F)CO)C1=O. The number of piperidine rings is 1. The van der Waals surface area contributed by atoms with E-state index in [0.29, 0.717) is 19.4 Å². The molecule has 15 heavy (non-hydrogen) atoms. The number of halogens is 2. The number of hydrogen-bond acceptors (Lipinski definition) is 3. The number of rotatable bonds is 4. The molecule has 1 unspecified atom stereocenters. The van der Waals surface area contributed by atoms with Crippen molar-refractivity contribution in [2.75, 3.05) is 26.7 Å². The highest BCUT2D eigenvalue weighted by Gasteiger charge is 2.36. The number of nitrogens with one attached hydrogen (secondary N) is 1. The molecule has 0 saturated carbocycles. The third-order valence-corrected chi connectivity index (χ3v) is 2.53. The Morgan fingerprint density at radius 1 is 1.67 bits per heavy atom. The highest BCUT2D eigenvalue weighted by atomic mass is 19.3. The van der Waals surface area contributed by atoms with Crippen LogP contribution in [0.5, 0.6) is 0 Å². The zero-order valence-electron chi connectivity index (χ0n) is 8.67. The summed E-state index contributed by atoms with van der Waals surface area (Å²) in [5.74, 6) is -3.51. The minimum Gasteiger partial charge on any atom is -0.390 e. The number of hydrogen-bond donors (Lipinski definition) is 2. The van der Waals surface area contributed by atoms with Gasteiger partial charge in [0, 0.05) is 6.54 Å². The molecule has 0 aromatic heterocycles. The van der Waals surface area contributed by atoms with E-state index >= 15 is 0 Å². The zero-order valence-corrected chi connectivity index (χ0v) is 8.67. The Labute approximate surface area is 87.2 Å². The van der Waals surface area contributed by atoms with E-state index in [4.69, 9.17) is 5.11 Å². The van der Waals surface area contributed by atoms with Gasteiger partial charge in [0.15, 0.2) is 0 Å². The van der Waals surface area contributed by atoms with Gasteiger partial charge < -0.3 is 15.3 Å². The molecule has 1 aliphatic heterocycles. The molecular weight excluding hydrogens is 206 g/mol. The predicted octanol–water partition coefficient (Wildman–Crippen LogP) is -0.176. The summed E-state index contributed by atoms with van der Waals surface area (Å²) in [6.07, 6.45) is 1.38. The van der Waals surface area contributed by atoms with Gasteiger partial charge in [-0.3, -0.25) is 4.79 Å². The molecule has 4 nitrogen and oxygen atoms in total. The fourth-order valence-electron chi connectivity index (χ4n) is 1.69. The molecule has 0 spiro atoms. The van der Waals surface area contributed by atoms with E-state index in [2.05, 4.69) is 5.32 Å². The maximum Gasteiger partial charge on any atom is 0.287 e. The predicted molar refractivity (Wildman–Crippen MR) is 50.7 cm³/mol.